The first-order chi connectivity index (χ1) is 10.9. The van der Waals surface area contributed by atoms with E-state index in [2.05, 4.69) is 5.32 Å². The zero-order valence-corrected chi connectivity index (χ0v) is 13.6. The number of halogens is 2. The number of ether oxygens (including phenoxy) is 1. The molecule has 0 spiro atoms. The molecular formula is C16H13Cl2NO4. The highest BCUT2D eigenvalue weighted by Gasteiger charge is 2.20. The molecule has 0 aromatic heterocycles. The third kappa shape index (κ3) is 4.61. The van der Waals surface area contributed by atoms with Crippen LogP contribution in [0.1, 0.15) is 17.3 Å². The van der Waals surface area contributed by atoms with Gasteiger partial charge in [0.25, 0.3) is 5.91 Å². The van der Waals surface area contributed by atoms with E-state index in [4.69, 9.17) is 27.9 Å². The summed E-state index contributed by atoms with van der Waals surface area (Å²) in [6, 6.07) is 10.3. The summed E-state index contributed by atoms with van der Waals surface area (Å²) in [5.41, 5.74) is 0.510. The van der Waals surface area contributed by atoms with E-state index in [1.165, 1.54) is 37.3 Å². The van der Waals surface area contributed by atoms with Crippen molar-refractivity contribution in [2.75, 3.05) is 5.32 Å². The predicted molar refractivity (Wildman–Crippen MR) is 88.1 cm³/mol. The van der Waals surface area contributed by atoms with Gasteiger partial charge in [-0.15, -0.1) is 0 Å². The zero-order valence-electron chi connectivity index (χ0n) is 12.0. The second-order valence-electron chi connectivity index (χ2n) is 4.71. The van der Waals surface area contributed by atoms with Crippen LogP contribution in [-0.2, 0) is 9.53 Å². The Morgan fingerprint density at radius 1 is 1.17 bits per heavy atom. The van der Waals surface area contributed by atoms with Crippen molar-refractivity contribution < 1.29 is 19.4 Å². The van der Waals surface area contributed by atoms with Crippen LogP contribution in [0, 0.1) is 0 Å². The third-order valence-corrected chi connectivity index (χ3v) is 3.47. The maximum absolute atomic E-state index is 12.1. The Labute approximate surface area is 142 Å². The number of aromatic hydroxyl groups is 1. The number of hydrogen-bond donors (Lipinski definition) is 2. The standard InChI is InChI=1S/C16H13Cl2NO4/c1-9(23-16(22)10-3-2-4-12(20)7-10)15(21)19-14-6-5-11(17)8-13(14)18/h2-9,20H,1H3,(H,19,21)/t9-/m0/s1. The maximum Gasteiger partial charge on any atom is 0.339 e. The first-order valence-corrected chi connectivity index (χ1v) is 7.38. The van der Waals surface area contributed by atoms with Gasteiger partial charge < -0.3 is 15.2 Å². The highest BCUT2D eigenvalue weighted by Crippen LogP contribution is 2.25. The maximum atomic E-state index is 12.1. The highest BCUT2D eigenvalue weighted by atomic mass is 35.5. The largest absolute Gasteiger partial charge is 0.508 e. The fraction of sp³-hybridized carbons (Fsp3) is 0.125. The van der Waals surface area contributed by atoms with Crippen LogP contribution in [0.5, 0.6) is 5.75 Å². The first-order valence-electron chi connectivity index (χ1n) is 6.63. The molecule has 0 aliphatic heterocycles. The molecule has 1 amide bonds. The van der Waals surface area contributed by atoms with Crippen molar-refractivity contribution in [1.29, 1.82) is 0 Å². The summed E-state index contributed by atoms with van der Waals surface area (Å²) in [4.78, 5) is 24.0. The van der Waals surface area contributed by atoms with Crippen molar-refractivity contribution in [2.24, 2.45) is 0 Å². The fourth-order valence-corrected chi connectivity index (χ4v) is 2.20. The molecule has 2 aromatic rings. The molecule has 2 rings (SSSR count). The van der Waals surface area contributed by atoms with Crippen LogP contribution in [0.3, 0.4) is 0 Å². The number of carbonyl (C=O) groups is 2. The summed E-state index contributed by atoms with van der Waals surface area (Å²) in [6.45, 7) is 1.43. The lowest BCUT2D eigenvalue weighted by Gasteiger charge is -2.14. The van der Waals surface area contributed by atoms with E-state index < -0.39 is 18.0 Å². The van der Waals surface area contributed by atoms with Gasteiger partial charge in [0.1, 0.15) is 5.75 Å². The van der Waals surface area contributed by atoms with Gasteiger partial charge in [0, 0.05) is 5.02 Å². The van der Waals surface area contributed by atoms with Crippen molar-refractivity contribution in [3.8, 4) is 5.75 Å². The van der Waals surface area contributed by atoms with Gasteiger partial charge in [-0.2, -0.15) is 0 Å². The van der Waals surface area contributed by atoms with E-state index in [9.17, 15) is 14.7 Å². The molecule has 0 aliphatic carbocycles. The monoisotopic (exact) mass is 353 g/mol. The molecular weight excluding hydrogens is 341 g/mol. The Morgan fingerprint density at radius 3 is 2.57 bits per heavy atom. The normalized spacial score (nSPS) is 11.6. The molecule has 120 valence electrons. The lowest BCUT2D eigenvalue weighted by molar-refractivity contribution is -0.123. The lowest BCUT2D eigenvalue weighted by atomic mass is 10.2. The molecule has 0 fully saturated rings. The molecule has 0 unspecified atom stereocenters. The Hall–Kier alpha value is -2.24. The zero-order chi connectivity index (χ0) is 17.0. The van der Waals surface area contributed by atoms with Gasteiger partial charge in [0.2, 0.25) is 0 Å². The minimum absolute atomic E-state index is 0.0653. The summed E-state index contributed by atoms with van der Waals surface area (Å²) in [7, 11) is 0. The van der Waals surface area contributed by atoms with E-state index in [1.54, 1.807) is 12.1 Å². The van der Waals surface area contributed by atoms with Crippen LogP contribution in [0.15, 0.2) is 42.5 Å². The molecule has 5 nitrogen and oxygen atoms in total. The first kappa shape index (κ1) is 17.1. The van der Waals surface area contributed by atoms with E-state index in [0.29, 0.717) is 10.7 Å². The second-order valence-corrected chi connectivity index (χ2v) is 5.55. The van der Waals surface area contributed by atoms with E-state index in [0.717, 1.165) is 0 Å². The number of amides is 1. The summed E-state index contributed by atoms with van der Waals surface area (Å²) in [6.07, 6.45) is -1.04. The van der Waals surface area contributed by atoms with Gasteiger partial charge in [-0.1, -0.05) is 29.3 Å². The number of phenolic OH excluding ortho intramolecular Hbond substituents is 1. The number of phenols is 1. The van der Waals surface area contributed by atoms with Gasteiger partial charge >= 0.3 is 5.97 Å². The van der Waals surface area contributed by atoms with E-state index >= 15 is 0 Å². The summed E-state index contributed by atoms with van der Waals surface area (Å²) in [5, 5.41) is 12.6. The van der Waals surface area contributed by atoms with Crippen molar-refractivity contribution >= 4 is 40.8 Å². The average molecular weight is 354 g/mol. The van der Waals surface area contributed by atoms with E-state index in [-0.39, 0.29) is 16.3 Å². The molecule has 0 bridgehead atoms. The van der Waals surface area contributed by atoms with Gasteiger partial charge in [-0.05, 0) is 43.3 Å². The summed E-state index contributed by atoms with van der Waals surface area (Å²) < 4.78 is 5.06. The summed E-state index contributed by atoms with van der Waals surface area (Å²) >= 11 is 11.7. The quantitative estimate of drug-likeness (QED) is 0.817. The molecule has 7 heteroatoms. The van der Waals surface area contributed by atoms with Gasteiger partial charge in [0.15, 0.2) is 6.10 Å². The average Bonchev–Trinajstić information content (AvgIpc) is 2.49. The Morgan fingerprint density at radius 2 is 1.91 bits per heavy atom. The molecule has 0 heterocycles. The smallest absolute Gasteiger partial charge is 0.339 e. The van der Waals surface area contributed by atoms with Crippen molar-refractivity contribution in [2.45, 2.75) is 13.0 Å². The number of esters is 1. The fourth-order valence-electron chi connectivity index (χ4n) is 1.74. The number of nitrogens with one attached hydrogen (secondary N) is 1. The highest BCUT2D eigenvalue weighted by molar-refractivity contribution is 6.36. The second kappa shape index (κ2) is 7.35. The van der Waals surface area contributed by atoms with Crippen LogP contribution in [0.25, 0.3) is 0 Å². The molecule has 2 aromatic carbocycles. The van der Waals surface area contributed by atoms with E-state index in [1.807, 2.05) is 0 Å². The minimum atomic E-state index is -1.04. The van der Waals surface area contributed by atoms with Crippen LogP contribution in [-0.4, -0.2) is 23.1 Å². The lowest BCUT2D eigenvalue weighted by Crippen LogP contribution is -2.30. The predicted octanol–water partition coefficient (Wildman–Crippen LogP) is 3.88. The number of hydrogen-bond acceptors (Lipinski definition) is 4. The molecule has 0 saturated heterocycles. The van der Waals surface area contributed by atoms with Crippen molar-refractivity contribution in [1.82, 2.24) is 0 Å². The molecule has 1 atom stereocenters. The molecule has 0 radical (unpaired) electrons. The van der Waals surface area contributed by atoms with Crippen molar-refractivity contribution in [3.63, 3.8) is 0 Å². The number of carbonyl (C=O) groups excluding carboxylic acids is 2. The Bertz CT molecular complexity index is 749. The van der Waals surface area contributed by atoms with Crippen molar-refractivity contribution in [3.05, 3.63) is 58.1 Å². The number of rotatable bonds is 4. The van der Waals surface area contributed by atoms with Crippen LogP contribution >= 0.6 is 23.2 Å². The van der Waals surface area contributed by atoms with Gasteiger partial charge in [-0.25, -0.2) is 4.79 Å². The Balaban J connectivity index is 2.01. The Kier molecular flexibility index (Phi) is 5.47. The topological polar surface area (TPSA) is 75.6 Å². The number of anilines is 1. The minimum Gasteiger partial charge on any atom is -0.508 e. The van der Waals surface area contributed by atoms with Crippen LogP contribution < -0.4 is 5.32 Å². The molecule has 2 N–H and O–H groups in total. The van der Waals surface area contributed by atoms with Crippen LogP contribution in [0.2, 0.25) is 10.0 Å². The number of benzene rings is 2. The molecule has 0 aliphatic rings. The molecule has 23 heavy (non-hydrogen) atoms. The van der Waals surface area contributed by atoms with Gasteiger partial charge in [-0.3, -0.25) is 4.79 Å². The summed E-state index contributed by atoms with van der Waals surface area (Å²) in [5.74, 6) is -1.32. The van der Waals surface area contributed by atoms with Gasteiger partial charge in [0.05, 0.1) is 16.3 Å². The van der Waals surface area contributed by atoms with Crippen LogP contribution in [0.4, 0.5) is 5.69 Å². The SMILES string of the molecule is C[C@H](OC(=O)c1cccc(O)c1)C(=O)Nc1ccc(Cl)cc1Cl. The molecule has 0 saturated carbocycles. The third-order valence-electron chi connectivity index (χ3n) is 2.92.